The van der Waals surface area contributed by atoms with Crippen LogP contribution in [-0.4, -0.2) is 19.4 Å². The first kappa shape index (κ1) is 31.1. The van der Waals surface area contributed by atoms with Gasteiger partial charge in [-0.2, -0.15) is 22.0 Å². The van der Waals surface area contributed by atoms with Crippen molar-refractivity contribution in [3.63, 3.8) is 0 Å². The van der Waals surface area contributed by atoms with E-state index in [1.807, 2.05) is 0 Å². The first-order chi connectivity index (χ1) is 20.6. The zero-order valence-corrected chi connectivity index (χ0v) is 22.0. The van der Waals surface area contributed by atoms with Crippen LogP contribution in [0.3, 0.4) is 0 Å². The van der Waals surface area contributed by atoms with Gasteiger partial charge in [0.25, 0.3) is 0 Å². The molecule has 0 amide bonds. The van der Waals surface area contributed by atoms with Gasteiger partial charge in [-0.05, 0) is 59.7 Å². The third-order valence-corrected chi connectivity index (χ3v) is 6.90. The summed E-state index contributed by atoms with van der Waals surface area (Å²) in [4.78, 5) is 0. The Morgan fingerprint density at radius 3 is 2.09 bits per heavy atom. The molecule has 0 aliphatic carbocycles. The van der Waals surface area contributed by atoms with Crippen LogP contribution in [0.25, 0.3) is 21.9 Å². The zero-order chi connectivity index (χ0) is 32.0. The van der Waals surface area contributed by atoms with Crippen molar-refractivity contribution in [3.8, 4) is 28.7 Å². The highest BCUT2D eigenvalue weighted by atomic mass is 19.4. The van der Waals surface area contributed by atoms with Crippen molar-refractivity contribution in [2.45, 2.75) is 31.0 Å². The number of fused-ring (bicyclic) bond motifs is 1. The van der Waals surface area contributed by atoms with Gasteiger partial charge in [-0.25, -0.2) is 26.3 Å². The molecular formula is C31H17F11O2. The van der Waals surface area contributed by atoms with E-state index in [4.69, 9.17) is 4.74 Å². The number of benzene rings is 4. The second-order valence-electron chi connectivity index (χ2n) is 9.89. The molecule has 44 heavy (non-hydrogen) atoms. The van der Waals surface area contributed by atoms with Crippen LogP contribution in [0.5, 0.6) is 5.75 Å². The van der Waals surface area contributed by atoms with Gasteiger partial charge in [-0.3, -0.25) is 0 Å². The summed E-state index contributed by atoms with van der Waals surface area (Å²) in [7, 11) is 0. The smallest absolute Gasteiger partial charge is 0.429 e. The highest BCUT2D eigenvalue weighted by Gasteiger charge is 2.41. The van der Waals surface area contributed by atoms with Gasteiger partial charge in [0.05, 0.1) is 17.6 Å². The lowest BCUT2D eigenvalue weighted by Crippen LogP contribution is -2.25. The highest BCUT2D eigenvalue weighted by molar-refractivity contribution is 5.87. The average Bonchev–Trinajstić information content (AvgIpc) is 2.91. The average molecular weight is 630 g/mol. The topological polar surface area (TPSA) is 18.5 Å². The van der Waals surface area contributed by atoms with E-state index in [-0.39, 0.29) is 17.5 Å². The molecule has 0 spiro atoms. The van der Waals surface area contributed by atoms with Crippen LogP contribution in [-0.2, 0) is 10.8 Å². The lowest BCUT2D eigenvalue weighted by atomic mass is 9.91. The van der Waals surface area contributed by atoms with Crippen LogP contribution in [0.1, 0.15) is 35.4 Å². The van der Waals surface area contributed by atoms with E-state index < -0.39 is 80.4 Å². The first-order valence-electron chi connectivity index (χ1n) is 12.8. The minimum atomic E-state index is -5.12. The van der Waals surface area contributed by atoms with Crippen molar-refractivity contribution in [2.75, 3.05) is 13.2 Å². The van der Waals surface area contributed by atoms with Crippen LogP contribution in [0, 0.1) is 46.7 Å². The molecule has 1 saturated heterocycles. The molecule has 4 aromatic carbocycles. The van der Waals surface area contributed by atoms with E-state index >= 15 is 8.78 Å². The summed E-state index contributed by atoms with van der Waals surface area (Å²) >= 11 is 0. The highest BCUT2D eigenvalue weighted by Crippen LogP contribution is 2.40. The lowest BCUT2D eigenvalue weighted by Gasteiger charge is -2.23. The summed E-state index contributed by atoms with van der Waals surface area (Å²) in [5.41, 5.74) is -3.44. The largest absolute Gasteiger partial charge is 0.458 e. The van der Waals surface area contributed by atoms with Crippen LogP contribution in [0.4, 0.5) is 48.3 Å². The molecule has 1 aliphatic heterocycles. The molecule has 0 saturated carbocycles. The summed E-state index contributed by atoms with van der Waals surface area (Å²) in [5.74, 6) is -9.11. The summed E-state index contributed by atoms with van der Waals surface area (Å²) in [6.07, 6.45) is -8.44. The Labute approximate surface area is 242 Å². The molecule has 1 aliphatic rings. The number of alkyl halides is 5. The molecule has 0 aromatic heterocycles. The van der Waals surface area contributed by atoms with Crippen molar-refractivity contribution in [2.24, 2.45) is 0 Å². The zero-order valence-electron chi connectivity index (χ0n) is 22.0. The molecule has 1 fully saturated rings. The number of ether oxygens (including phenoxy) is 2. The number of halogens is 11. The minimum Gasteiger partial charge on any atom is -0.429 e. The summed E-state index contributed by atoms with van der Waals surface area (Å²) in [6, 6.07) is 5.82. The van der Waals surface area contributed by atoms with Gasteiger partial charge >= 0.3 is 12.3 Å². The van der Waals surface area contributed by atoms with E-state index in [0.29, 0.717) is 49.0 Å². The van der Waals surface area contributed by atoms with E-state index in [0.717, 1.165) is 12.8 Å². The van der Waals surface area contributed by atoms with Crippen molar-refractivity contribution in [1.29, 1.82) is 0 Å². The molecule has 1 unspecified atom stereocenters. The third kappa shape index (κ3) is 6.31. The Balaban J connectivity index is 1.45. The number of hydrogen-bond acceptors (Lipinski definition) is 2. The fourth-order valence-electron chi connectivity index (χ4n) is 4.92. The fourth-order valence-corrected chi connectivity index (χ4v) is 4.92. The van der Waals surface area contributed by atoms with E-state index in [1.54, 1.807) is 0 Å². The molecule has 0 radical (unpaired) electrons. The molecule has 13 heteroatoms. The number of rotatable bonds is 5. The predicted octanol–water partition coefficient (Wildman–Crippen LogP) is 9.28. The molecule has 0 bridgehead atoms. The maximum absolute atomic E-state index is 15.0. The fraction of sp³-hybridized carbons (Fsp3) is 0.226. The quantitative estimate of drug-likeness (QED) is 0.162. The number of hydrogen-bond donors (Lipinski definition) is 0. The normalized spacial score (nSPS) is 15.7. The Morgan fingerprint density at radius 1 is 0.773 bits per heavy atom. The van der Waals surface area contributed by atoms with Gasteiger partial charge in [-0.1, -0.05) is 18.1 Å². The van der Waals surface area contributed by atoms with Crippen LogP contribution in [0.2, 0.25) is 0 Å². The monoisotopic (exact) mass is 630 g/mol. The molecule has 230 valence electrons. The second-order valence-corrected chi connectivity index (χ2v) is 9.89. The van der Waals surface area contributed by atoms with Gasteiger partial charge in [0.1, 0.15) is 40.4 Å². The minimum absolute atomic E-state index is 0.0861. The maximum atomic E-state index is 15.0. The Kier molecular flexibility index (Phi) is 8.24. The van der Waals surface area contributed by atoms with E-state index in [1.165, 1.54) is 24.1 Å². The molecule has 1 atom stereocenters. The summed E-state index contributed by atoms with van der Waals surface area (Å²) in [6.45, 7) is 0.947. The standard InChI is InChI=1S/C31H17F11O2/c32-22-9-15(16-2-1-7-43-14-16)3-4-20(22)17-10-25(35)28(26(36)11-17)31(41,42)44-19-8-18-12-23(33)21(5-6-30(38,39)40)29(37)27(18)24(34)13-19/h3-4,8-13,16H,1-2,7,14H2. The first-order valence-corrected chi connectivity index (χ1v) is 12.8. The van der Waals surface area contributed by atoms with Gasteiger partial charge in [0, 0.05) is 30.1 Å². The SMILES string of the molecule is Fc1cc(C2CCCOC2)ccc1-c1cc(F)c(C(F)(F)Oc2cc(F)c3c(F)c(C#CC(F)(F)F)c(F)cc3c2)c(F)c1. The van der Waals surface area contributed by atoms with Crippen LogP contribution < -0.4 is 4.74 Å². The van der Waals surface area contributed by atoms with E-state index in [9.17, 15) is 39.5 Å². The Bertz CT molecular complexity index is 1790. The van der Waals surface area contributed by atoms with Crippen LogP contribution >= 0.6 is 0 Å². The lowest BCUT2D eigenvalue weighted by molar-refractivity contribution is -0.189. The molecule has 2 nitrogen and oxygen atoms in total. The molecular weight excluding hydrogens is 613 g/mol. The van der Waals surface area contributed by atoms with E-state index in [2.05, 4.69) is 4.74 Å². The molecule has 5 rings (SSSR count). The van der Waals surface area contributed by atoms with Crippen molar-refractivity contribution >= 4 is 10.8 Å². The molecule has 1 heterocycles. The Morgan fingerprint density at radius 2 is 1.48 bits per heavy atom. The van der Waals surface area contributed by atoms with Crippen molar-refractivity contribution < 1.29 is 57.8 Å². The molecule has 4 aromatic rings. The third-order valence-electron chi connectivity index (χ3n) is 6.90. The second kappa shape index (κ2) is 11.6. The van der Waals surface area contributed by atoms with Gasteiger partial charge in [0.2, 0.25) is 0 Å². The summed E-state index contributed by atoms with van der Waals surface area (Å²) < 4.78 is 165. The van der Waals surface area contributed by atoms with Gasteiger partial charge in [0.15, 0.2) is 5.82 Å². The summed E-state index contributed by atoms with van der Waals surface area (Å²) in [5, 5.41) is -1.86. The predicted molar refractivity (Wildman–Crippen MR) is 136 cm³/mol. The Hall–Kier alpha value is -4.31. The van der Waals surface area contributed by atoms with Crippen LogP contribution in [0.15, 0.2) is 48.5 Å². The van der Waals surface area contributed by atoms with Gasteiger partial charge in [-0.15, -0.1) is 0 Å². The van der Waals surface area contributed by atoms with Gasteiger partial charge < -0.3 is 9.47 Å². The maximum Gasteiger partial charge on any atom is 0.458 e. The molecule has 0 N–H and O–H groups in total. The van der Waals surface area contributed by atoms with Crippen molar-refractivity contribution in [3.05, 3.63) is 100 Å². The van der Waals surface area contributed by atoms with Crippen molar-refractivity contribution in [1.82, 2.24) is 0 Å².